The molecule has 1 atom stereocenters. The van der Waals surface area contributed by atoms with E-state index in [0.717, 1.165) is 24.8 Å². The molecule has 2 aromatic rings. The van der Waals surface area contributed by atoms with E-state index in [1.165, 1.54) is 11.3 Å². The monoisotopic (exact) mass is 368 g/mol. The van der Waals surface area contributed by atoms with E-state index in [0.29, 0.717) is 30.6 Å². The average molecular weight is 368 g/mol. The number of para-hydroxylation sites is 1. The van der Waals surface area contributed by atoms with E-state index in [1.807, 2.05) is 24.3 Å². The molecule has 1 aliphatic rings. The first-order valence-electron chi connectivity index (χ1n) is 9.44. The third kappa shape index (κ3) is 4.54. The Morgan fingerprint density at radius 1 is 1.15 bits per heavy atom. The first-order chi connectivity index (χ1) is 13.1. The van der Waals surface area contributed by atoms with Gasteiger partial charge in [0.15, 0.2) is 11.5 Å². The van der Waals surface area contributed by atoms with Crippen LogP contribution in [0.15, 0.2) is 42.5 Å². The Morgan fingerprint density at radius 3 is 2.70 bits per heavy atom. The van der Waals surface area contributed by atoms with E-state index in [4.69, 9.17) is 9.47 Å². The number of benzene rings is 2. The molecule has 0 spiro atoms. The lowest BCUT2D eigenvalue weighted by atomic mass is 9.96. The first-order valence-corrected chi connectivity index (χ1v) is 9.44. The van der Waals surface area contributed by atoms with E-state index in [-0.39, 0.29) is 5.91 Å². The first kappa shape index (κ1) is 19.1. The molecule has 1 aliphatic heterocycles. The molecule has 0 radical (unpaired) electrons. The van der Waals surface area contributed by atoms with Crippen LogP contribution in [-0.2, 0) is 17.6 Å². The Labute approximate surface area is 161 Å². The molecule has 1 amide bonds. The van der Waals surface area contributed by atoms with E-state index in [2.05, 4.69) is 35.3 Å². The van der Waals surface area contributed by atoms with Crippen molar-refractivity contribution in [2.45, 2.75) is 32.2 Å². The average Bonchev–Trinajstić information content (AvgIpc) is 2.70. The van der Waals surface area contributed by atoms with Gasteiger partial charge in [-0.3, -0.25) is 4.79 Å². The standard InChI is InChI=1S/C22H28N2O3/c1-16-8-10-18-6-4-5-7-19(18)24(16)15-22(25)23-13-12-17-9-11-20(26-2)21(14-17)27-3/h4-7,9,11,14,16H,8,10,12-13,15H2,1-3H3,(H,23,25). The molecule has 0 saturated carbocycles. The topological polar surface area (TPSA) is 50.8 Å². The van der Waals surface area contributed by atoms with Crippen molar-refractivity contribution in [1.82, 2.24) is 5.32 Å². The minimum Gasteiger partial charge on any atom is -0.493 e. The lowest BCUT2D eigenvalue weighted by Gasteiger charge is -2.36. The SMILES string of the molecule is COc1ccc(CCNC(=O)CN2c3ccccc3CCC2C)cc1OC. The highest BCUT2D eigenvalue weighted by molar-refractivity contribution is 5.82. The number of nitrogens with zero attached hydrogens (tertiary/aromatic N) is 1. The van der Waals surface area contributed by atoms with Gasteiger partial charge in [-0.25, -0.2) is 0 Å². The maximum absolute atomic E-state index is 12.5. The van der Waals surface area contributed by atoms with Crippen molar-refractivity contribution in [3.8, 4) is 11.5 Å². The molecule has 5 heteroatoms. The zero-order valence-electron chi connectivity index (χ0n) is 16.3. The minimum atomic E-state index is 0.0547. The third-order valence-electron chi connectivity index (χ3n) is 5.16. The van der Waals surface area contributed by atoms with Gasteiger partial charge in [0.25, 0.3) is 0 Å². The van der Waals surface area contributed by atoms with Crippen LogP contribution in [0.4, 0.5) is 5.69 Å². The smallest absolute Gasteiger partial charge is 0.239 e. The number of fused-ring (bicyclic) bond motifs is 1. The van der Waals surface area contributed by atoms with E-state index >= 15 is 0 Å². The molecule has 1 N–H and O–H groups in total. The number of rotatable bonds is 7. The van der Waals surface area contributed by atoms with Gasteiger partial charge in [-0.05, 0) is 55.5 Å². The van der Waals surface area contributed by atoms with E-state index in [1.54, 1.807) is 14.2 Å². The molecule has 0 bridgehead atoms. The number of methoxy groups -OCH3 is 2. The number of ether oxygens (including phenoxy) is 2. The van der Waals surface area contributed by atoms with Crippen LogP contribution in [0.25, 0.3) is 0 Å². The van der Waals surface area contributed by atoms with Crippen molar-refractivity contribution >= 4 is 11.6 Å². The van der Waals surface area contributed by atoms with Crippen LogP contribution in [0, 0.1) is 0 Å². The fourth-order valence-corrected chi connectivity index (χ4v) is 3.59. The number of amides is 1. The molecule has 0 saturated heterocycles. The molecule has 1 heterocycles. The largest absolute Gasteiger partial charge is 0.493 e. The number of hydrogen-bond acceptors (Lipinski definition) is 4. The Morgan fingerprint density at radius 2 is 1.93 bits per heavy atom. The number of hydrogen-bond donors (Lipinski definition) is 1. The second-order valence-corrected chi connectivity index (χ2v) is 6.93. The Kier molecular flexibility index (Phi) is 6.22. The number of carbonyl (C=O) groups is 1. The Bertz CT molecular complexity index is 791. The van der Waals surface area contributed by atoms with Gasteiger partial charge in [0.2, 0.25) is 5.91 Å². The van der Waals surface area contributed by atoms with Gasteiger partial charge in [-0.1, -0.05) is 24.3 Å². The highest BCUT2D eigenvalue weighted by Crippen LogP contribution is 2.30. The van der Waals surface area contributed by atoms with Crippen LogP contribution >= 0.6 is 0 Å². The number of nitrogens with one attached hydrogen (secondary N) is 1. The number of aryl methyl sites for hydroxylation is 1. The van der Waals surface area contributed by atoms with Crippen molar-refractivity contribution < 1.29 is 14.3 Å². The van der Waals surface area contributed by atoms with E-state index < -0.39 is 0 Å². The van der Waals surface area contributed by atoms with Crippen LogP contribution in [0.5, 0.6) is 11.5 Å². The normalized spacial score (nSPS) is 15.8. The summed E-state index contributed by atoms with van der Waals surface area (Å²) in [5, 5.41) is 3.04. The van der Waals surface area contributed by atoms with Crippen LogP contribution in [0.1, 0.15) is 24.5 Å². The van der Waals surface area contributed by atoms with Crippen molar-refractivity contribution in [2.75, 3.05) is 32.2 Å². The minimum absolute atomic E-state index is 0.0547. The fraction of sp³-hybridized carbons (Fsp3) is 0.409. The summed E-state index contributed by atoms with van der Waals surface area (Å²) in [6.45, 7) is 3.18. The van der Waals surface area contributed by atoms with Crippen molar-refractivity contribution in [3.05, 3.63) is 53.6 Å². The molecule has 5 nitrogen and oxygen atoms in total. The van der Waals surface area contributed by atoms with Crippen molar-refractivity contribution in [2.24, 2.45) is 0 Å². The molecule has 144 valence electrons. The van der Waals surface area contributed by atoms with Gasteiger partial charge >= 0.3 is 0 Å². The summed E-state index contributed by atoms with van der Waals surface area (Å²) in [5.74, 6) is 1.47. The Hall–Kier alpha value is -2.69. The molecule has 0 fully saturated rings. The van der Waals surface area contributed by atoms with Gasteiger partial charge in [0.1, 0.15) is 0 Å². The summed E-state index contributed by atoms with van der Waals surface area (Å²) in [6, 6.07) is 14.6. The highest BCUT2D eigenvalue weighted by atomic mass is 16.5. The predicted octanol–water partition coefficient (Wildman–Crippen LogP) is 3.20. The summed E-state index contributed by atoms with van der Waals surface area (Å²) in [7, 11) is 3.25. The van der Waals surface area contributed by atoms with Crippen LogP contribution < -0.4 is 19.7 Å². The molecular formula is C22H28N2O3. The van der Waals surface area contributed by atoms with Crippen LogP contribution in [-0.4, -0.2) is 39.3 Å². The Balaban J connectivity index is 1.55. The van der Waals surface area contributed by atoms with Gasteiger partial charge in [0.05, 0.1) is 20.8 Å². The number of anilines is 1. The summed E-state index contributed by atoms with van der Waals surface area (Å²) in [4.78, 5) is 14.7. The molecule has 0 aromatic heterocycles. The molecule has 0 aliphatic carbocycles. The van der Waals surface area contributed by atoms with Gasteiger partial charge in [0, 0.05) is 18.3 Å². The zero-order chi connectivity index (χ0) is 19.2. The maximum atomic E-state index is 12.5. The van der Waals surface area contributed by atoms with Gasteiger partial charge in [-0.15, -0.1) is 0 Å². The van der Waals surface area contributed by atoms with Gasteiger partial charge in [-0.2, -0.15) is 0 Å². The van der Waals surface area contributed by atoms with Gasteiger partial charge < -0.3 is 19.7 Å². The molecule has 27 heavy (non-hydrogen) atoms. The van der Waals surface area contributed by atoms with Crippen LogP contribution in [0.2, 0.25) is 0 Å². The molecule has 3 rings (SSSR count). The van der Waals surface area contributed by atoms with E-state index in [9.17, 15) is 4.79 Å². The predicted molar refractivity (Wildman–Crippen MR) is 108 cm³/mol. The zero-order valence-corrected chi connectivity index (χ0v) is 16.3. The summed E-state index contributed by atoms with van der Waals surface area (Å²) >= 11 is 0. The summed E-state index contributed by atoms with van der Waals surface area (Å²) in [5.41, 5.74) is 3.62. The van der Waals surface area contributed by atoms with Crippen LogP contribution in [0.3, 0.4) is 0 Å². The quantitative estimate of drug-likeness (QED) is 0.815. The highest BCUT2D eigenvalue weighted by Gasteiger charge is 2.24. The molecule has 2 aromatic carbocycles. The second-order valence-electron chi connectivity index (χ2n) is 6.93. The number of carbonyl (C=O) groups excluding carboxylic acids is 1. The van der Waals surface area contributed by atoms with Crippen molar-refractivity contribution in [1.29, 1.82) is 0 Å². The lowest BCUT2D eigenvalue weighted by Crippen LogP contribution is -2.44. The molecule has 1 unspecified atom stereocenters. The second kappa shape index (κ2) is 8.80. The third-order valence-corrected chi connectivity index (χ3v) is 5.16. The maximum Gasteiger partial charge on any atom is 0.239 e. The van der Waals surface area contributed by atoms with Crippen molar-refractivity contribution in [3.63, 3.8) is 0 Å². The lowest BCUT2D eigenvalue weighted by molar-refractivity contribution is -0.119. The summed E-state index contributed by atoms with van der Waals surface area (Å²) in [6.07, 6.45) is 2.91. The molecular weight excluding hydrogens is 340 g/mol. The summed E-state index contributed by atoms with van der Waals surface area (Å²) < 4.78 is 10.6. The fourth-order valence-electron chi connectivity index (χ4n) is 3.59.